The molecule has 2 heterocycles. The number of pyridine rings is 2. The maximum absolute atomic E-state index is 10.1. The molecule has 0 aliphatic heterocycles. The summed E-state index contributed by atoms with van der Waals surface area (Å²) in [5, 5.41) is 19.2. The van der Waals surface area contributed by atoms with E-state index in [0.717, 1.165) is 19.3 Å². The fourth-order valence-electron chi connectivity index (χ4n) is 2.04. The van der Waals surface area contributed by atoms with Gasteiger partial charge in [0, 0.05) is 0 Å². The molecule has 0 saturated heterocycles. The zero-order valence-corrected chi connectivity index (χ0v) is 11.7. The molecule has 20 heavy (non-hydrogen) atoms. The van der Waals surface area contributed by atoms with Crippen molar-refractivity contribution in [1.82, 2.24) is 9.97 Å². The van der Waals surface area contributed by atoms with Gasteiger partial charge in [0.05, 0.1) is 35.5 Å². The Morgan fingerprint density at radius 1 is 1.05 bits per heavy atom. The molecule has 0 radical (unpaired) electrons. The van der Waals surface area contributed by atoms with Crippen LogP contribution < -0.4 is 0 Å². The van der Waals surface area contributed by atoms with Gasteiger partial charge in [0.1, 0.15) is 0 Å². The normalized spacial score (nSPS) is 12.3. The van der Waals surface area contributed by atoms with Gasteiger partial charge in [-0.3, -0.25) is 0 Å². The molecule has 2 aromatic rings. The minimum absolute atomic E-state index is 0.0906. The molecular formula is C16H20N2O2. The van der Waals surface area contributed by atoms with Crippen molar-refractivity contribution in [3.63, 3.8) is 0 Å². The fraction of sp³-hybridized carbons (Fsp3) is 0.375. The highest BCUT2D eigenvalue weighted by atomic mass is 16.3. The van der Waals surface area contributed by atoms with Gasteiger partial charge in [-0.15, -0.1) is 0 Å². The van der Waals surface area contributed by atoms with Gasteiger partial charge in [-0.25, -0.2) is 9.97 Å². The summed E-state index contributed by atoms with van der Waals surface area (Å²) >= 11 is 0. The van der Waals surface area contributed by atoms with E-state index in [1.165, 1.54) is 0 Å². The lowest BCUT2D eigenvalue weighted by molar-refractivity contribution is 0.159. The van der Waals surface area contributed by atoms with E-state index in [9.17, 15) is 5.11 Å². The van der Waals surface area contributed by atoms with Crippen molar-refractivity contribution in [1.29, 1.82) is 0 Å². The SMILES string of the molecule is CCCCC(O)c1cccc(-c2cccc(CO)n2)n1. The van der Waals surface area contributed by atoms with Gasteiger partial charge >= 0.3 is 0 Å². The third kappa shape index (κ3) is 3.62. The minimum atomic E-state index is -0.532. The summed E-state index contributed by atoms with van der Waals surface area (Å²) in [6.07, 6.45) is 2.22. The maximum Gasteiger partial charge on any atom is 0.0960 e. The van der Waals surface area contributed by atoms with E-state index in [1.54, 1.807) is 6.07 Å². The second-order valence-electron chi connectivity index (χ2n) is 4.78. The van der Waals surface area contributed by atoms with Crippen molar-refractivity contribution >= 4 is 0 Å². The quantitative estimate of drug-likeness (QED) is 0.848. The van der Waals surface area contributed by atoms with Crippen LogP contribution in [0.4, 0.5) is 0 Å². The predicted molar refractivity (Wildman–Crippen MR) is 77.9 cm³/mol. The van der Waals surface area contributed by atoms with Gasteiger partial charge in [-0.1, -0.05) is 31.9 Å². The van der Waals surface area contributed by atoms with Crippen molar-refractivity contribution in [3.05, 3.63) is 47.8 Å². The average Bonchev–Trinajstić information content (AvgIpc) is 2.52. The molecule has 0 spiro atoms. The van der Waals surface area contributed by atoms with Gasteiger partial charge < -0.3 is 10.2 Å². The van der Waals surface area contributed by atoms with Crippen LogP contribution >= 0.6 is 0 Å². The second kappa shape index (κ2) is 7.12. The lowest BCUT2D eigenvalue weighted by Crippen LogP contribution is -2.02. The van der Waals surface area contributed by atoms with E-state index in [4.69, 9.17) is 5.11 Å². The highest BCUT2D eigenvalue weighted by molar-refractivity contribution is 5.54. The molecule has 0 fully saturated rings. The smallest absolute Gasteiger partial charge is 0.0960 e. The van der Waals surface area contributed by atoms with Gasteiger partial charge in [0.25, 0.3) is 0 Å². The van der Waals surface area contributed by atoms with Crippen LogP contribution in [-0.2, 0) is 6.61 Å². The summed E-state index contributed by atoms with van der Waals surface area (Å²) in [6, 6.07) is 11.0. The van der Waals surface area contributed by atoms with Crippen LogP contribution in [0.5, 0.6) is 0 Å². The van der Waals surface area contributed by atoms with Crippen LogP contribution in [0.15, 0.2) is 36.4 Å². The highest BCUT2D eigenvalue weighted by Crippen LogP contribution is 2.21. The first-order valence-electron chi connectivity index (χ1n) is 6.96. The van der Waals surface area contributed by atoms with E-state index >= 15 is 0 Å². The van der Waals surface area contributed by atoms with Crippen molar-refractivity contribution in [2.45, 2.75) is 38.9 Å². The topological polar surface area (TPSA) is 66.2 Å². The van der Waals surface area contributed by atoms with E-state index in [1.807, 2.05) is 30.3 Å². The standard InChI is InChI=1S/C16H20N2O2/c1-2-3-10-16(20)15-9-5-8-14(18-15)13-7-4-6-12(11-19)17-13/h4-9,16,19-20H,2-3,10-11H2,1H3. The number of aliphatic hydroxyl groups is 2. The van der Waals surface area contributed by atoms with E-state index in [2.05, 4.69) is 16.9 Å². The van der Waals surface area contributed by atoms with E-state index < -0.39 is 6.10 Å². The summed E-state index contributed by atoms with van der Waals surface area (Å²) in [6.45, 7) is 2.01. The number of aliphatic hydroxyl groups excluding tert-OH is 2. The molecule has 0 aliphatic rings. The molecule has 2 N–H and O–H groups in total. The largest absolute Gasteiger partial charge is 0.390 e. The van der Waals surface area contributed by atoms with Crippen molar-refractivity contribution < 1.29 is 10.2 Å². The van der Waals surface area contributed by atoms with E-state index in [0.29, 0.717) is 22.8 Å². The molecule has 0 bridgehead atoms. The van der Waals surface area contributed by atoms with Crippen molar-refractivity contribution in [3.8, 4) is 11.4 Å². The first kappa shape index (κ1) is 14.6. The summed E-state index contributed by atoms with van der Waals surface area (Å²) in [4.78, 5) is 8.81. The second-order valence-corrected chi connectivity index (χ2v) is 4.78. The molecule has 4 nitrogen and oxygen atoms in total. The Kier molecular flexibility index (Phi) is 5.21. The Balaban J connectivity index is 2.24. The Morgan fingerprint density at radius 2 is 1.75 bits per heavy atom. The molecule has 1 atom stereocenters. The summed E-state index contributed by atoms with van der Waals surface area (Å²) in [7, 11) is 0. The van der Waals surface area contributed by atoms with Crippen LogP contribution in [0.2, 0.25) is 0 Å². The number of hydrogen-bond donors (Lipinski definition) is 2. The minimum Gasteiger partial charge on any atom is -0.390 e. The van der Waals surface area contributed by atoms with Crippen LogP contribution in [0.25, 0.3) is 11.4 Å². The molecule has 0 aromatic carbocycles. The van der Waals surface area contributed by atoms with Crippen LogP contribution in [-0.4, -0.2) is 20.2 Å². The molecule has 106 valence electrons. The third-order valence-electron chi connectivity index (χ3n) is 3.17. The molecule has 0 amide bonds. The Morgan fingerprint density at radius 3 is 2.45 bits per heavy atom. The number of unbranched alkanes of at least 4 members (excludes halogenated alkanes) is 1. The fourth-order valence-corrected chi connectivity index (χ4v) is 2.04. The summed E-state index contributed by atoms with van der Waals surface area (Å²) in [5.74, 6) is 0. The number of aromatic nitrogens is 2. The van der Waals surface area contributed by atoms with Crippen molar-refractivity contribution in [2.75, 3.05) is 0 Å². The van der Waals surface area contributed by atoms with Crippen molar-refractivity contribution in [2.24, 2.45) is 0 Å². The first-order chi connectivity index (χ1) is 9.74. The average molecular weight is 272 g/mol. The van der Waals surface area contributed by atoms with Crippen LogP contribution in [0.3, 0.4) is 0 Å². The molecule has 4 heteroatoms. The van der Waals surface area contributed by atoms with Crippen LogP contribution in [0, 0.1) is 0 Å². The summed E-state index contributed by atoms with van der Waals surface area (Å²) < 4.78 is 0. The molecule has 2 rings (SSSR count). The number of hydrogen-bond acceptors (Lipinski definition) is 4. The molecule has 1 unspecified atom stereocenters. The van der Waals surface area contributed by atoms with Gasteiger partial charge in [-0.2, -0.15) is 0 Å². The third-order valence-corrected chi connectivity index (χ3v) is 3.17. The monoisotopic (exact) mass is 272 g/mol. The zero-order chi connectivity index (χ0) is 14.4. The first-order valence-corrected chi connectivity index (χ1v) is 6.96. The van der Waals surface area contributed by atoms with Gasteiger partial charge in [-0.05, 0) is 30.7 Å². The molecular weight excluding hydrogens is 252 g/mol. The highest BCUT2D eigenvalue weighted by Gasteiger charge is 2.10. The molecule has 0 aliphatic carbocycles. The number of nitrogens with zero attached hydrogens (tertiary/aromatic N) is 2. The molecule has 2 aromatic heterocycles. The maximum atomic E-state index is 10.1. The molecule has 0 saturated carbocycles. The summed E-state index contributed by atoms with van der Waals surface area (Å²) in [5.41, 5.74) is 2.71. The lowest BCUT2D eigenvalue weighted by Gasteiger charge is -2.11. The van der Waals surface area contributed by atoms with Gasteiger partial charge in [0.15, 0.2) is 0 Å². The zero-order valence-electron chi connectivity index (χ0n) is 11.7. The number of rotatable bonds is 6. The van der Waals surface area contributed by atoms with Gasteiger partial charge in [0.2, 0.25) is 0 Å². The van der Waals surface area contributed by atoms with Crippen LogP contribution in [0.1, 0.15) is 43.7 Å². The Bertz CT molecular complexity index is 558. The van der Waals surface area contributed by atoms with E-state index in [-0.39, 0.29) is 6.61 Å². The Labute approximate surface area is 119 Å². The Hall–Kier alpha value is -1.78. The lowest BCUT2D eigenvalue weighted by atomic mass is 10.1. The predicted octanol–water partition coefficient (Wildman–Crippen LogP) is 2.86.